The SMILES string of the molecule is CCOC(=O)C1CCN(C(=O)CN2CCCC2c2ccccc2Cl)CC1. The Hall–Kier alpha value is -1.59. The number of amides is 1. The molecule has 5 nitrogen and oxygen atoms in total. The maximum atomic E-state index is 12.8. The number of benzene rings is 1. The van der Waals surface area contributed by atoms with Crippen molar-refractivity contribution in [1.82, 2.24) is 9.80 Å². The lowest BCUT2D eigenvalue weighted by molar-refractivity contribution is -0.151. The van der Waals surface area contributed by atoms with Gasteiger partial charge in [-0.05, 0) is 50.8 Å². The van der Waals surface area contributed by atoms with E-state index in [4.69, 9.17) is 16.3 Å². The molecule has 0 aromatic heterocycles. The first-order chi connectivity index (χ1) is 12.6. The molecule has 0 radical (unpaired) electrons. The number of likely N-dealkylation sites (tertiary alicyclic amines) is 2. The fourth-order valence-electron chi connectivity index (χ4n) is 4.01. The summed E-state index contributed by atoms with van der Waals surface area (Å²) in [6, 6.07) is 8.12. The van der Waals surface area contributed by atoms with E-state index >= 15 is 0 Å². The molecule has 1 aromatic carbocycles. The van der Waals surface area contributed by atoms with Crippen molar-refractivity contribution in [2.75, 3.05) is 32.8 Å². The number of esters is 1. The standard InChI is InChI=1S/C20H27ClN2O3/c1-2-26-20(25)15-9-12-22(13-10-15)19(24)14-23-11-5-8-18(23)16-6-3-4-7-17(16)21/h3-4,6-7,15,18H,2,5,8-14H2,1H3. The smallest absolute Gasteiger partial charge is 0.309 e. The summed E-state index contributed by atoms with van der Waals surface area (Å²) in [5.41, 5.74) is 1.11. The highest BCUT2D eigenvalue weighted by molar-refractivity contribution is 6.31. The summed E-state index contributed by atoms with van der Waals surface area (Å²) in [6.45, 7) is 4.83. The lowest BCUT2D eigenvalue weighted by Crippen LogP contribution is -2.45. The zero-order valence-corrected chi connectivity index (χ0v) is 16.1. The molecule has 26 heavy (non-hydrogen) atoms. The van der Waals surface area contributed by atoms with Crippen molar-refractivity contribution in [3.63, 3.8) is 0 Å². The molecule has 0 aliphatic carbocycles. The molecule has 1 aromatic rings. The highest BCUT2D eigenvalue weighted by Crippen LogP contribution is 2.35. The monoisotopic (exact) mass is 378 g/mol. The average Bonchev–Trinajstić information content (AvgIpc) is 3.10. The van der Waals surface area contributed by atoms with Crippen LogP contribution in [0.15, 0.2) is 24.3 Å². The summed E-state index contributed by atoms with van der Waals surface area (Å²) in [5, 5.41) is 0.770. The predicted molar refractivity (Wildman–Crippen MR) is 101 cm³/mol. The Morgan fingerprint density at radius 3 is 2.58 bits per heavy atom. The van der Waals surface area contributed by atoms with Crippen molar-refractivity contribution in [3.8, 4) is 0 Å². The van der Waals surface area contributed by atoms with E-state index in [1.807, 2.05) is 30.0 Å². The Morgan fingerprint density at radius 1 is 1.15 bits per heavy atom. The van der Waals surface area contributed by atoms with Crippen molar-refractivity contribution in [2.24, 2.45) is 5.92 Å². The topological polar surface area (TPSA) is 49.9 Å². The van der Waals surface area contributed by atoms with E-state index in [0.717, 1.165) is 30.0 Å². The maximum Gasteiger partial charge on any atom is 0.309 e. The van der Waals surface area contributed by atoms with Gasteiger partial charge in [0.1, 0.15) is 0 Å². The Morgan fingerprint density at radius 2 is 1.88 bits per heavy atom. The van der Waals surface area contributed by atoms with Crippen LogP contribution in [0.1, 0.15) is 44.2 Å². The van der Waals surface area contributed by atoms with E-state index < -0.39 is 0 Å². The van der Waals surface area contributed by atoms with Gasteiger partial charge in [-0.3, -0.25) is 14.5 Å². The summed E-state index contributed by atoms with van der Waals surface area (Å²) in [6.07, 6.45) is 3.49. The average molecular weight is 379 g/mol. The fraction of sp³-hybridized carbons (Fsp3) is 0.600. The molecule has 2 fully saturated rings. The summed E-state index contributed by atoms with van der Waals surface area (Å²) < 4.78 is 5.10. The van der Waals surface area contributed by atoms with Gasteiger partial charge in [0.05, 0.1) is 19.1 Å². The maximum absolute atomic E-state index is 12.8. The number of ether oxygens (including phenoxy) is 1. The Labute approximate surface area is 160 Å². The number of carbonyl (C=O) groups is 2. The van der Waals surface area contributed by atoms with Gasteiger partial charge in [0.15, 0.2) is 0 Å². The number of piperidine rings is 1. The predicted octanol–water partition coefficient (Wildman–Crippen LogP) is 3.28. The second kappa shape index (κ2) is 8.87. The van der Waals surface area contributed by atoms with Gasteiger partial charge < -0.3 is 9.64 Å². The third kappa shape index (κ3) is 4.38. The van der Waals surface area contributed by atoms with Gasteiger partial charge >= 0.3 is 5.97 Å². The van der Waals surface area contributed by atoms with Crippen LogP contribution in [0.3, 0.4) is 0 Å². The quantitative estimate of drug-likeness (QED) is 0.738. The van der Waals surface area contributed by atoms with E-state index in [0.29, 0.717) is 39.1 Å². The number of rotatable bonds is 5. The Bertz CT molecular complexity index is 644. The molecule has 2 aliphatic heterocycles. The van der Waals surface area contributed by atoms with Crippen molar-refractivity contribution >= 4 is 23.5 Å². The molecule has 1 atom stereocenters. The molecular formula is C20H27ClN2O3. The van der Waals surface area contributed by atoms with Crippen LogP contribution in [-0.2, 0) is 14.3 Å². The third-order valence-corrected chi connectivity index (χ3v) is 5.78. The minimum atomic E-state index is -0.127. The largest absolute Gasteiger partial charge is 0.466 e. The fourth-order valence-corrected chi connectivity index (χ4v) is 4.27. The van der Waals surface area contributed by atoms with Gasteiger partial charge in [-0.15, -0.1) is 0 Å². The van der Waals surface area contributed by atoms with Gasteiger partial charge in [0.25, 0.3) is 0 Å². The zero-order chi connectivity index (χ0) is 18.5. The van der Waals surface area contributed by atoms with Crippen LogP contribution in [0.25, 0.3) is 0 Å². The molecule has 2 heterocycles. The first-order valence-corrected chi connectivity index (χ1v) is 9.90. The zero-order valence-electron chi connectivity index (χ0n) is 15.3. The molecule has 6 heteroatoms. The van der Waals surface area contributed by atoms with Crippen molar-refractivity contribution in [3.05, 3.63) is 34.9 Å². The van der Waals surface area contributed by atoms with E-state index in [9.17, 15) is 9.59 Å². The van der Waals surface area contributed by atoms with Crippen LogP contribution in [0, 0.1) is 5.92 Å². The van der Waals surface area contributed by atoms with Crippen LogP contribution < -0.4 is 0 Å². The molecule has 0 spiro atoms. The molecule has 142 valence electrons. The minimum absolute atomic E-state index is 0.0679. The molecule has 0 bridgehead atoms. The summed E-state index contributed by atoms with van der Waals surface area (Å²) in [4.78, 5) is 28.7. The van der Waals surface area contributed by atoms with Gasteiger partial charge in [-0.2, -0.15) is 0 Å². The summed E-state index contributed by atoms with van der Waals surface area (Å²) >= 11 is 6.36. The van der Waals surface area contributed by atoms with Gasteiger partial charge in [0, 0.05) is 24.2 Å². The number of carbonyl (C=O) groups excluding carboxylic acids is 2. The number of hydrogen-bond donors (Lipinski definition) is 0. The van der Waals surface area contributed by atoms with Crippen LogP contribution in [0.2, 0.25) is 5.02 Å². The Balaban J connectivity index is 1.55. The molecule has 0 N–H and O–H groups in total. The van der Waals surface area contributed by atoms with Crippen LogP contribution >= 0.6 is 11.6 Å². The molecule has 2 aliphatic rings. The van der Waals surface area contributed by atoms with E-state index in [2.05, 4.69) is 11.0 Å². The van der Waals surface area contributed by atoms with Gasteiger partial charge in [-0.25, -0.2) is 0 Å². The number of halogens is 1. The van der Waals surface area contributed by atoms with Gasteiger partial charge in [-0.1, -0.05) is 29.8 Å². The Kier molecular flexibility index (Phi) is 6.54. The van der Waals surface area contributed by atoms with Crippen molar-refractivity contribution in [1.29, 1.82) is 0 Å². The first-order valence-electron chi connectivity index (χ1n) is 9.53. The minimum Gasteiger partial charge on any atom is -0.466 e. The van der Waals surface area contributed by atoms with E-state index in [1.165, 1.54) is 0 Å². The molecule has 2 saturated heterocycles. The summed E-state index contributed by atoms with van der Waals surface area (Å²) in [5.74, 6) is -0.0501. The second-order valence-electron chi connectivity index (χ2n) is 7.06. The molecule has 3 rings (SSSR count). The highest BCUT2D eigenvalue weighted by Gasteiger charge is 2.32. The van der Waals surface area contributed by atoms with Crippen molar-refractivity contribution < 1.29 is 14.3 Å². The van der Waals surface area contributed by atoms with Crippen LogP contribution in [0.4, 0.5) is 0 Å². The second-order valence-corrected chi connectivity index (χ2v) is 7.46. The lowest BCUT2D eigenvalue weighted by Gasteiger charge is -2.33. The molecule has 1 unspecified atom stereocenters. The van der Waals surface area contributed by atoms with E-state index in [-0.39, 0.29) is 23.8 Å². The molecule has 0 saturated carbocycles. The summed E-state index contributed by atoms with van der Waals surface area (Å²) in [7, 11) is 0. The van der Waals surface area contributed by atoms with Crippen molar-refractivity contribution in [2.45, 2.75) is 38.6 Å². The van der Waals surface area contributed by atoms with Crippen LogP contribution in [0.5, 0.6) is 0 Å². The van der Waals surface area contributed by atoms with Gasteiger partial charge in [0.2, 0.25) is 5.91 Å². The first kappa shape index (κ1) is 19.2. The molecule has 1 amide bonds. The van der Waals surface area contributed by atoms with E-state index in [1.54, 1.807) is 0 Å². The van der Waals surface area contributed by atoms with Crippen LogP contribution in [-0.4, -0.2) is 54.5 Å². The molecular weight excluding hydrogens is 352 g/mol. The third-order valence-electron chi connectivity index (χ3n) is 5.43. The lowest BCUT2D eigenvalue weighted by atomic mass is 9.97. The number of hydrogen-bond acceptors (Lipinski definition) is 4. The highest BCUT2D eigenvalue weighted by atomic mass is 35.5. The normalized spacial score (nSPS) is 21.8. The number of nitrogens with zero attached hydrogens (tertiary/aromatic N) is 2.